The van der Waals surface area contributed by atoms with Crippen LogP contribution in [0, 0.1) is 0 Å². The number of phenolic OH excluding ortho intramolecular Hbond substituents is 1. The zero-order valence-corrected chi connectivity index (χ0v) is 8.23. The Labute approximate surface area is 83.9 Å². The highest BCUT2D eigenvalue weighted by molar-refractivity contribution is 5.93. The second kappa shape index (κ2) is 5.22. The Kier molecular flexibility index (Phi) is 3.92. The van der Waals surface area contributed by atoms with E-state index in [1.54, 1.807) is 36.4 Å². The van der Waals surface area contributed by atoms with E-state index in [0.29, 0.717) is 6.42 Å². The average molecular weight is 190 g/mol. The second-order valence-corrected chi connectivity index (χ2v) is 3.14. The van der Waals surface area contributed by atoms with Crippen molar-refractivity contribution >= 4 is 11.9 Å². The second-order valence-electron chi connectivity index (χ2n) is 3.14. The van der Waals surface area contributed by atoms with E-state index >= 15 is 0 Å². The predicted molar refractivity (Wildman–Crippen MR) is 57.1 cm³/mol. The van der Waals surface area contributed by atoms with E-state index in [-0.39, 0.29) is 11.5 Å². The van der Waals surface area contributed by atoms with Crippen LogP contribution >= 0.6 is 0 Å². The number of hydrogen-bond donors (Lipinski definition) is 1. The van der Waals surface area contributed by atoms with Crippen LogP contribution < -0.4 is 0 Å². The number of aromatic hydroxyl groups is 1. The fourth-order valence-electron chi connectivity index (χ4n) is 1.10. The quantitative estimate of drug-likeness (QED) is 0.741. The summed E-state index contributed by atoms with van der Waals surface area (Å²) in [5, 5.41) is 9.03. The van der Waals surface area contributed by atoms with Gasteiger partial charge in [-0.3, -0.25) is 4.79 Å². The van der Waals surface area contributed by atoms with Crippen molar-refractivity contribution in [2.75, 3.05) is 0 Å². The zero-order chi connectivity index (χ0) is 10.4. The molecule has 74 valence electrons. The van der Waals surface area contributed by atoms with Gasteiger partial charge in [0.25, 0.3) is 0 Å². The van der Waals surface area contributed by atoms with Crippen molar-refractivity contribution in [1.82, 2.24) is 0 Å². The lowest BCUT2D eigenvalue weighted by molar-refractivity contribution is -0.114. The molecular formula is C12H14O2. The summed E-state index contributed by atoms with van der Waals surface area (Å²) >= 11 is 0. The maximum atomic E-state index is 11.1. The maximum absolute atomic E-state index is 11.1. The van der Waals surface area contributed by atoms with Crippen molar-refractivity contribution in [3.63, 3.8) is 0 Å². The van der Waals surface area contributed by atoms with Crippen molar-refractivity contribution in [2.45, 2.75) is 19.8 Å². The van der Waals surface area contributed by atoms with Gasteiger partial charge >= 0.3 is 0 Å². The predicted octanol–water partition coefficient (Wildman–Crippen LogP) is 2.77. The molecule has 2 heteroatoms. The monoisotopic (exact) mass is 190 g/mol. The summed E-state index contributed by atoms with van der Waals surface area (Å²) in [5.74, 6) is 0.377. The van der Waals surface area contributed by atoms with Gasteiger partial charge in [-0.1, -0.05) is 25.1 Å². The molecule has 1 N–H and O–H groups in total. The maximum Gasteiger partial charge on any atom is 0.155 e. The highest BCUT2D eigenvalue weighted by Gasteiger charge is 1.93. The molecule has 0 amide bonds. The molecule has 0 radical (unpaired) electrons. The number of rotatable bonds is 4. The molecule has 0 atom stereocenters. The third-order valence-corrected chi connectivity index (χ3v) is 1.85. The van der Waals surface area contributed by atoms with Gasteiger partial charge in [-0.25, -0.2) is 0 Å². The molecule has 0 aliphatic rings. The third-order valence-electron chi connectivity index (χ3n) is 1.85. The molecular weight excluding hydrogens is 176 g/mol. The van der Waals surface area contributed by atoms with Crippen molar-refractivity contribution in [1.29, 1.82) is 0 Å². The van der Waals surface area contributed by atoms with Crippen molar-refractivity contribution in [3.8, 4) is 5.75 Å². The summed E-state index contributed by atoms with van der Waals surface area (Å²) < 4.78 is 0. The van der Waals surface area contributed by atoms with Gasteiger partial charge in [0, 0.05) is 6.42 Å². The minimum atomic E-state index is 0.139. The molecule has 0 saturated carbocycles. The molecule has 14 heavy (non-hydrogen) atoms. The van der Waals surface area contributed by atoms with Crippen LogP contribution in [-0.2, 0) is 4.79 Å². The first-order chi connectivity index (χ1) is 6.72. The van der Waals surface area contributed by atoms with Gasteiger partial charge < -0.3 is 5.11 Å². The van der Waals surface area contributed by atoms with Crippen molar-refractivity contribution in [3.05, 3.63) is 35.9 Å². The van der Waals surface area contributed by atoms with Crippen LogP contribution in [0.3, 0.4) is 0 Å². The summed E-state index contributed by atoms with van der Waals surface area (Å²) in [6.07, 6.45) is 4.81. The van der Waals surface area contributed by atoms with Crippen molar-refractivity contribution in [2.24, 2.45) is 0 Å². The van der Waals surface area contributed by atoms with Crippen LogP contribution in [0.2, 0.25) is 0 Å². The smallest absolute Gasteiger partial charge is 0.155 e. The van der Waals surface area contributed by atoms with E-state index in [1.165, 1.54) is 0 Å². The largest absolute Gasteiger partial charge is 0.508 e. The Bertz CT molecular complexity index is 323. The Morgan fingerprint density at radius 3 is 2.57 bits per heavy atom. The number of carbonyl (C=O) groups excluding carboxylic acids is 1. The molecule has 0 aliphatic heterocycles. The Hall–Kier alpha value is -1.57. The van der Waals surface area contributed by atoms with E-state index in [4.69, 9.17) is 5.11 Å². The van der Waals surface area contributed by atoms with Crippen LogP contribution in [-0.4, -0.2) is 10.9 Å². The van der Waals surface area contributed by atoms with Crippen LogP contribution in [0.25, 0.3) is 6.08 Å². The number of carbonyl (C=O) groups is 1. The van der Waals surface area contributed by atoms with Gasteiger partial charge in [0.1, 0.15) is 5.75 Å². The lowest BCUT2D eigenvalue weighted by Crippen LogP contribution is -1.89. The normalized spacial score (nSPS) is 10.6. The molecule has 1 aromatic carbocycles. The summed E-state index contributed by atoms with van der Waals surface area (Å²) in [6.45, 7) is 1.98. The fourth-order valence-corrected chi connectivity index (χ4v) is 1.10. The van der Waals surface area contributed by atoms with Gasteiger partial charge in [0.2, 0.25) is 0 Å². The van der Waals surface area contributed by atoms with Crippen LogP contribution in [0.1, 0.15) is 25.3 Å². The van der Waals surface area contributed by atoms with Crippen LogP contribution in [0.15, 0.2) is 30.3 Å². The average Bonchev–Trinajstić information content (AvgIpc) is 2.17. The van der Waals surface area contributed by atoms with Gasteiger partial charge in [0.05, 0.1) is 0 Å². The summed E-state index contributed by atoms with van der Waals surface area (Å²) in [5.41, 5.74) is 0.923. The van der Waals surface area contributed by atoms with E-state index < -0.39 is 0 Å². The molecule has 0 aromatic heterocycles. The molecule has 0 aliphatic carbocycles. The lowest BCUT2D eigenvalue weighted by atomic mass is 10.1. The standard InChI is InChI=1S/C12H14O2/c1-2-3-11(13)7-4-10-5-8-12(14)9-6-10/h4-9,14H,2-3H2,1H3/b7-4+. The summed E-state index contributed by atoms with van der Waals surface area (Å²) in [7, 11) is 0. The highest BCUT2D eigenvalue weighted by Crippen LogP contribution is 2.10. The Morgan fingerprint density at radius 2 is 2.00 bits per heavy atom. The molecule has 1 aromatic rings. The number of phenols is 1. The molecule has 2 nitrogen and oxygen atoms in total. The first-order valence-electron chi connectivity index (χ1n) is 4.72. The van der Waals surface area contributed by atoms with Gasteiger partial charge in [-0.05, 0) is 30.2 Å². The topological polar surface area (TPSA) is 37.3 Å². The first kappa shape index (κ1) is 10.5. The molecule has 1 rings (SSSR count). The first-order valence-corrected chi connectivity index (χ1v) is 4.72. The molecule has 0 fully saturated rings. The Balaban J connectivity index is 2.60. The van der Waals surface area contributed by atoms with Crippen molar-refractivity contribution < 1.29 is 9.90 Å². The number of hydrogen-bond acceptors (Lipinski definition) is 2. The van der Waals surface area contributed by atoms with Crippen LogP contribution in [0.4, 0.5) is 0 Å². The van der Waals surface area contributed by atoms with E-state index in [1.807, 2.05) is 6.92 Å². The number of ketones is 1. The SMILES string of the molecule is CCCC(=O)/C=C/c1ccc(O)cc1. The highest BCUT2D eigenvalue weighted by atomic mass is 16.3. The van der Waals surface area contributed by atoms with E-state index in [2.05, 4.69) is 0 Å². The zero-order valence-electron chi connectivity index (χ0n) is 8.23. The number of allylic oxidation sites excluding steroid dienone is 1. The van der Waals surface area contributed by atoms with E-state index in [0.717, 1.165) is 12.0 Å². The summed E-state index contributed by atoms with van der Waals surface area (Å²) in [4.78, 5) is 11.1. The lowest BCUT2D eigenvalue weighted by Gasteiger charge is -1.93. The molecule has 0 unspecified atom stereocenters. The third kappa shape index (κ3) is 3.44. The Morgan fingerprint density at radius 1 is 1.36 bits per heavy atom. The molecule has 0 bridgehead atoms. The van der Waals surface area contributed by atoms with Gasteiger partial charge in [0.15, 0.2) is 5.78 Å². The summed E-state index contributed by atoms with van der Waals surface area (Å²) in [6, 6.07) is 6.74. The number of benzene rings is 1. The van der Waals surface area contributed by atoms with Crippen LogP contribution in [0.5, 0.6) is 5.75 Å². The van der Waals surface area contributed by atoms with E-state index in [9.17, 15) is 4.79 Å². The molecule has 0 spiro atoms. The fraction of sp³-hybridized carbons (Fsp3) is 0.250. The molecule has 0 saturated heterocycles. The minimum absolute atomic E-state index is 0.139. The molecule has 0 heterocycles. The van der Waals surface area contributed by atoms with Gasteiger partial charge in [-0.15, -0.1) is 0 Å². The minimum Gasteiger partial charge on any atom is -0.508 e. The van der Waals surface area contributed by atoms with Gasteiger partial charge in [-0.2, -0.15) is 0 Å².